The van der Waals surface area contributed by atoms with Gasteiger partial charge in [0.1, 0.15) is 10.6 Å². The third-order valence-corrected chi connectivity index (χ3v) is 4.63. The summed E-state index contributed by atoms with van der Waals surface area (Å²) in [4.78, 5) is 9.72. The summed E-state index contributed by atoms with van der Waals surface area (Å²) in [5.74, 6) is -0.332. The molecule has 0 aliphatic carbocycles. The zero-order valence-electron chi connectivity index (χ0n) is 9.88. The molecule has 0 aliphatic heterocycles. The molecule has 0 radical (unpaired) electrons. The number of benzene rings is 1. The van der Waals surface area contributed by atoms with Gasteiger partial charge in [-0.25, -0.2) is 8.42 Å². The first-order valence-electron chi connectivity index (χ1n) is 5.12. The molecule has 0 saturated carbocycles. The summed E-state index contributed by atoms with van der Waals surface area (Å²) in [5, 5.41) is 10.9. The highest BCUT2D eigenvalue weighted by Gasteiger charge is 2.30. The third kappa shape index (κ3) is 2.91. The predicted octanol–water partition coefficient (Wildman–Crippen LogP) is 2.26. The van der Waals surface area contributed by atoms with E-state index in [1.807, 2.05) is 0 Å². The maximum atomic E-state index is 12.0. The Kier molecular flexibility index (Phi) is 4.18. The molecule has 0 aromatic heterocycles. The fourth-order valence-electron chi connectivity index (χ4n) is 1.53. The van der Waals surface area contributed by atoms with Crippen LogP contribution in [0.2, 0.25) is 5.02 Å². The Morgan fingerprint density at radius 1 is 1.44 bits per heavy atom. The number of sulfone groups is 1. The van der Waals surface area contributed by atoms with Gasteiger partial charge in [-0.15, -0.1) is 0 Å². The molecule has 8 heteroatoms. The lowest BCUT2D eigenvalue weighted by Crippen LogP contribution is -2.14. The van der Waals surface area contributed by atoms with Gasteiger partial charge >= 0.3 is 5.69 Å². The van der Waals surface area contributed by atoms with Crippen molar-refractivity contribution in [3.05, 3.63) is 27.3 Å². The highest BCUT2D eigenvalue weighted by molar-refractivity contribution is 7.91. The van der Waals surface area contributed by atoms with Gasteiger partial charge in [0.15, 0.2) is 9.84 Å². The first-order chi connectivity index (χ1) is 8.16. The normalized spacial score (nSPS) is 11.8. The van der Waals surface area contributed by atoms with Gasteiger partial charge in [0.05, 0.1) is 15.7 Å². The third-order valence-electron chi connectivity index (χ3n) is 2.20. The van der Waals surface area contributed by atoms with Crippen LogP contribution in [0.4, 0.5) is 11.4 Å². The number of nitro groups is 1. The minimum atomic E-state index is -3.75. The quantitative estimate of drug-likeness (QED) is 0.521. The number of nitrogen functional groups attached to an aromatic ring is 1. The Labute approximate surface area is 110 Å². The first kappa shape index (κ1) is 14.7. The molecule has 0 fully saturated rings. The van der Waals surface area contributed by atoms with Gasteiger partial charge in [-0.05, 0) is 18.1 Å². The summed E-state index contributed by atoms with van der Waals surface area (Å²) in [7, 11) is -3.75. The summed E-state index contributed by atoms with van der Waals surface area (Å²) in [6.07, 6.45) is 0. The summed E-state index contributed by atoms with van der Waals surface area (Å²) in [6.45, 7) is 3.42. The van der Waals surface area contributed by atoms with Gasteiger partial charge in [-0.1, -0.05) is 25.4 Å². The van der Waals surface area contributed by atoms with Crippen LogP contribution < -0.4 is 5.73 Å². The highest BCUT2D eigenvalue weighted by Crippen LogP contribution is 2.36. The molecule has 18 heavy (non-hydrogen) atoms. The summed E-state index contributed by atoms with van der Waals surface area (Å²) in [6, 6.07) is 2.37. The van der Waals surface area contributed by atoms with Crippen molar-refractivity contribution >= 4 is 32.8 Å². The Balaban J connectivity index is 3.52. The van der Waals surface area contributed by atoms with Crippen LogP contribution in [0.5, 0.6) is 0 Å². The second kappa shape index (κ2) is 5.11. The molecule has 0 spiro atoms. The maximum Gasteiger partial charge on any atom is 0.312 e. The molecule has 0 atom stereocenters. The van der Waals surface area contributed by atoms with E-state index in [0.717, 1.165) is 6.07 Å². The minimum Gasteiger partial charge on any atom is -0.392 e. The van der Waals surface area contributed by atoms with Crippen molar-refractivity contribution < 1.29 is 13.3 Å². The second-order valence-corrected chi connectivity index (χ2v) is 6.65. The molecule has 0 unspecified atom stereocenters. The van der Waals surface area contributed by atoms with Crippen LogP contribution in [0.25, 0.3) is 0 Å². The van der Waals surface area contributed by atoms with Crippen LogP contribution in [0.1, 0.15) is 13.8 Å². The molecule has 0 amide bonds. The molecule has 1 aromatic rings. The second-order valence-electron chi connectivity index (χ2n) is 4.24. The van der Waals surface area contributed by atoms with E-state index in [1.165, 1.54) is 6.07 Å². The number of hydrogen-bond donors (Lipinski definition) is 1. The number of nitrogens with zero attached hydrogens (tertiary/aromatic N) is 1. The van der Waals surface area contributed by atoms with Crippen molar-refractivity contribution in [2.75, 3.05) is 11.5 Å². The van der Waals surface area contributed by atoms with Gasteiger partial charge in [0.2, 0.25) is 0 Å². The van der Waals surface area contributed by atoms with E-state index >= 15 is 0 Å². The molecule has 1 aromatic carbocycles. The molecular weight excluding hydrogens is 280 g/mol. The summed E-state index contributed by atoms with van der Waals surface area (Å²) in [5.41, 5.74) is 4.50. The van der Waals surface area contributed by atoms with Gasteiger partial charge < -0.3 is 5.73 Å². The zero-order chi connectivity index (χ0) is 14.1. The molecule has 1 rings (SSSR count). The van der Waals surface area contributed by atoms with Crippen molar-refractivity contribution in [2.45, 2.75) is 18.7 Å². The molecule has 6 nitrogen and oxygen atoms in total. The average molecular weight is 293 g/mol. The van der Waals surface area contributed by atoms with Gasteiger partial charge in [0, 0.05) is 0 Å². The van der Waals surface area contributed by atoms with Crippen molar-refractivity contribution in [3.8, 4) is 0 Å². The van der Waals surface area contributed by atoms with Gasteiger partial charge in [-0.2, -0.15) is 0 Å². The van der Waals surface area contributed by atoms with Crippen LogP contribution in [0.15, 0.2) is 17.0 Å². The molecular formula is C10H13ClN2O4S. The van der Waals surface area contributed by atoms with E-state index < -0.39 is 20.4 Å². The van der Waals surface area contributed by atoms with E-state index in [0.29, 0.717) is 0 Å². The molecule has 0 bridgehead atoms. The fraction of sp³-hybridized carbons (Fsp3) is 0.400. The Morgan fingerprint density at radius 3 is 2.44 bits per heavy atom. The summed E-state index contributed by atoms with van der Waals surface area (Å²) >= 11 is 5.66. The van der Waals surface area contributed by atoms with E-state index in [-0.39, 0.29) is 27.3 Å². The fourth-order valence-corrected chi connectivity index (χ4v) is 3.50. The lowest BCUT2D eigenvalue weighted by molar-refractivity contribution is -0.386. The van der Waals surface area contributed by atoms with Crippen molar-refractivity contribution in [1.29, 1.82) is 0 Å². The van der Waals surface area contributed by atoms with E-state index in [2.05, 4.69) is 0 Å². The number of hydrogen-bond acceptors (Lipinski definition) is 5. The zero-order valence-corrected chi connectivity index (χ0v) is 11.5. The molecule has 2 N–H and O–H groups in total. The van der Waals surface area contributed by atoms with Crippen molar-refractivity contribution in [2.24, 2.45) is 5.92 Å². The van der Waals surface area contributed by atoms with E-state index in [1.54, 1.807) is 13.8 Å². The van der Waals surface area contributed by atoms with Crippen LogP contribution in [0.3, 0.4) is 0 Å². The lowest BCUT2D eigenvalue weighted by Gasteiger charge is -2.09. The number of nitro benzene ring substituents is 1. The molecule has 0 saturated heterocycles. The van der Waals surface area contributed by atoms with Crippen molar-refractivity contribution in [3.63, 3.8) is 0 Å². The number of nitrogens with two attached hydrogens (primary N) is 1. The Bertz CT molecular complexity index is 584. The standard InChI is InChI=1S/C10H13ClN2O4S/c1-6(2)5-18(16,17)8-4-3-7(11)9(12)10(8)13(14)15/h3-4,6H,5,12H2,1-2H3. The highest BCUT2D eigenvalue weighted by atomic mass is 35.5. The lowest BCUT2D eigenvalue weighted by atomic mass is 10.3. The Hall–Kier alpha value is -1.34. The molecule has 0 heterocycles. The van der Waals surface area contributed by atoms with Gasteiger partial charge in [0.25, 0.3) is 0 Å². The topological polar surface area (TPSA) is 103 Å². The molecule has 0 aliphatic rings. The number of anilines is 1. The number of halogens is 1. The summed E-state index contributed by atoms with van der Waals surface area (Å²) < 4.78 is 24.1. The van der Waals surface area contributed by atoms with E-state index in [9.17, 15) is 18.5 Å². The minimum absolute atomic E-state index is 0.0369. The predicted molar refractivity (Wildman–Crippen MR) is 69.4 cm³/mol. The monoisotopic (exact) mass is 292 g/mol. The van der Waals surface area contributed by atoms with E-state index in [4.69, 9.17) is 17.3 Å². The van der Waals surface area contributed by atoms with Gasteiger partial charge in [-0.3, -0.25) is 10.1 Å². The Morgan fingerprint density at radius 2 is 2.00 bits per heavy atom. The van der Waals surface area contributed by atoms with Crippen molar-refractivity contribution in [1.82, 2.24) is 0 Å². The van der Waals surface area contributed by atoms with Crippen LogP contribution in [-0.4, -0.2) is 19.1 Å². The SMILES string of the molecule is CC(C)CS(=O)(=O)c1ccc(Cl)c(N)c1[N+](=O)[O-]. The van der Waals surface area contributed by atoms with Crippen LogP contribution >= 0.6 is 11.6 Å². The van der Waals surface area contributed by atoms with Crippen LogP contribution in [-0.2, 0) is 9.84 Å². The smallest absolute Gasteiger partial charge is 0.312 e. The van der Waals surface area contributed by atoms with Crippen LogP contribution in [0, 0.1) is 16.0 Å². The first-order valence-corrected chi connectivity index (χ1v) is 7.15. The average Bonchev–Trinajstić information content (AvgIpc) is 2.18. The maximum absolute atomic E-state index is 12.0. The number of rotatable bonds is 4. The molecule has 100 valence electrons. The largest absolute Gasteiger partial charge is 0.392 e.